The average molecular weight is 311 g/mol. The van der Waals surface area contributed by atoms with Crippen molar-refractivity contribution in [1.29, 1.82) is 0 Å². The maximum atomic E-state index is 2.38. The molecule has 2 saturated carbocycles. The molecule has 0 spiro atoms. The highest BCUT2D eigenvalue weighted by atomic mass is 14.3. The fourth-order valence-electron chi connectivity index (χ4n) is 4.98. The predicted molar refractivity (Wildman–Crippen MR) is 102 cm³/mol. The van der Waals surface area contributed by atoms with Gasteiger partial charge in [0.2, 0.25) is 0 Å². The third-order valence-corrected chi connectivity index (χ3v) is 6.19. The highest BCUT2D eigenvalue weighted by Crippen LogP contribution is 2.44. The number of hydrogen-bond donors (Lipinski definition) is 0. The van der Waals surface area contributed by atoms with E-state index in [2.05, 4.69) is 38.1 Å². The van der Waals surface area contributed by atoms with Gasteiger partial charge in [-0.25, -0.2) is 0 Å². The molecule has 0 heterocycles. The number of allylic oxidation sites excluding steroid dienone is 2. The monoisotopic (exact) mass is 310 g/mol. The molecule has 0 saturated heterocycles. The first kappa shape index (κ1) is 16.8. The Morgan fingerprint density at radius 1 is 0.783 bits per heavy atom. The summed E-state index contributed by atoms with van der Waals surface area (Å²) >= 11 is 0. The van der Waals surface area contributed by atoms with E-state index in [9.17, 15) is 0 Å². The number of aryl methyl sites for hydroxylation is 1. The summed E-state index contributed by atoms with van der Waals surface area (Å²) in [5.74, 6) is 1.76. The molecule has 0 bridgehead atoms. The van der Waals surface area contributed by atoms with Gasteiger partial charge >= 0.3 is 0 Å². The van der Waals surface area contributed by atoms with Crippen molar-refractivity contribution in [2.45, 2.75) is 84.5 Å². The molecule has 0 aliphatic heterocycles. The highest BCUT2D eigenvalue weighted by Gasteiger charge is 2.28. The van der Waals surface area contributed by atoms with E-state index in [1.54, 1.807) is 5.57 Å². The zero-order chi connectivity index (χ0) is 16.1. The molecule has 0 unspecified atom stereocenters. The summed E-state index contributed by atoms with van der Waals surface area (Å²) in [6.45, 7) is 4.57. The summed E-state index contributed by atoms with van der Waals surface area (Å²) in [6, 6.07) is 9.34. The van der Waals surface area contributed by atoms with Crippen LogP contribution in [-0.4, -0.2) is 0 Å². The zero-order valence-corrected chi connectivity index (χ0v) is 15.2. The molecule has 1 aromatic rings. The van der Waals surface area contributed by atoms with Gasteiger partial charge in [0.1, 0.15) is 0 Å². The van der Waals surface area contributed by atoms with Crippen LogP contribution in [0.25, 0.3) is 5.57 Å². The van der Waals surface area contributed by atoms with E-state index in [0.717, 1.165) is 11.8 Å². The van der Waals surface area contributed by atoms with Gasteiger partial charge in [0.25, 0.3) is 0 Å². The molecule has 2 aliphatic rings. The molecule has 23 heavy (non-hydrogen) atoms. The molecular formula is C23H34. The second kappa shape index (κ2) is 8.18. The lowest BCUT2D eigenvalue weighted by molar-refractivity contribution is 0.327. The number of rotatable bonds is 4. The van der Waals surface area contributed by atoms with Crippen LogP contribution in [0, 0.1) is 18.8 Å². The molecule has 126 valence electrons. The van der Waals surface area contributed by atoms with Crippen molar-refractivity contribution in [3.63, 3.8) is 0 Å². The average Bonchev–Trinajstić information content (AvgIpc) is 2.62. The molecule has 0 amide bonds. The Labute approximate surface area is 143 Å². The van der Waals surface area contributed by atoms with E-state index >= 15 is 0 Å². The predicted octanol–water partition coefficient (Wildman–Crippen LogP) is 7.32. The van der Waals surface area contributed by atoms with Crippen molar-refractivity contribution in [3.8, 4) is 0 Å². The van der Waals surface area contributed by atoms with Gasteiger partial charge in [-0.3, -0.25) is 0 Å². The lowest BCUT2D eigenvalue weighted by atomic mass is 9.70. The molecule has 0 N–H and O–H groups in total. The van der Waals surface area contributed by atoms with E-state index in [-0.39, 0.29) is 0 Å². The minimum Gasteiger partial charge on any atom is -0.0613 e. The normalized spacial score (nSPS) is 20.4. The first-order chi connectivity index (χ1) is 11.3. The first-order valence-corrected chi connectivity index (χ1v) is 10.1. The Morgan fingerprint density at radius 2 is 1.26 bits per heavy atom. The van der Waals surface area contributed by atoms with E-state index in [1.807, 2.05) is 5.57 Å². The summed E-state index contributed by atoms with van der Waals surface area (Å²) in [5, 5.41) is 0. The van der Waals surface area contributed by atoms with E-state index in [1.165, 1.54) is 81.8 Å². The van der Waals surface area contributed by atoms with Crippen molar-refractivity contribution >= 4 is 5.57 Å². The smallest absolute Gasteiger partial charge is 0.0194 e. The van der Waals surface area contributed by atoms with Gasteiger partial charge in [-0.2, -0.15) is 0 Å². The van der Waals surface area contributed by atoms with Crippen LogP contribution in [0.3, 0.4) is 0 Å². The van der Waals surface area contributed by atoms with Gasteiger partial charge in [0, 0.05) is 0 Å². The quantitative estimate of drug-likeness (QED) is 0.546. The van der Waals surface area contributed by atoms with E-state index < -0.39 is 0 Å². The van der Waals surface area contributed by atoms with Crippen molar-refractivity contribution < 1.29 is 0 Å². The van der Waals surface area contributed by atoms with Crippen LogP contribution in [0.5, 0.6) is 0 Å². The first-order valence-electron chi connectivity index (χ1n) is 10.1. The fourth-order valence-corrected chi connectivity index (χ4v) is 4.98. The van der Waals surface area contributed by atoms with Crippen molar-refractivity contribution in [3.05, 3.63) is 41.0 Å². The summed E-state index contributed by atoms with van der Waals surface area (Å²) in [5.41, 5.74) is 6.46. The Kier molecular flexibility index (Phi) is 5.97. The minimum absolute atomic E-state index is 0.878. The molecule has 1 aromatic carbocycles. The number of hydrogen-bond acceptors (Lipinski definition) is 0. The molecule has 0 nitrogen and oxygen atoms in total. The van der Waals surface area contributed by atoms with Crippen LogP contribution in [-0.2, 0) is 0 Å². The van der Waals surface area contributed by atoms with Gasteiger partial charge in [0.05, 0.1) is 0 Å². The van der Waals surface area contributed by atoms with Crippen LogP contribution >= 0.6 is 0 Å². The molecule has 3 rings (SSSR count). The second-order valence-electron chi connectivity index (χ2n) is 7.82. The SMILES string of the molecule is CCC(=C(C1CCCCC1)C1CCCCC1)c1ccc(C)cc1. The van der Waals surface area contributed by atoms with Crippen molar-refractivity contribution in [2.24, 2.45) is 11.8 Å². The van der Waals surface area contributed by atoms with Crippen LogP contribution in [0.2, 0.25) is 0 Å². The third-order valence-electron chi connectivity index (χ3n) is 6.19. The molecule has 2 fully saturated rings. The minimum atomic E-state index is 0.878. The Hall–Kier alpha value is -1.04. The topological polar surface area (TPSA) is 0 Å². The van der Waals surface area contributed by atoms with E-state index in [0.29, 0.717) is 0 Å². The fraction of sp³-hybridized carbons (Fsp3) is 0.652. The third kappa shape index (κ3) is 4.08. The Balaban J connectivity index is 1.99. The molecule has 2 aliphatic carbocycles. The second-order valence-corrected chi connectivity index (χ2v) is 7.82. The van der Waals surface area contributed by atoms with Crippen LogP contribution in [0.4, 0.5) is 0 Å². The molecule has 0 heteroatoms. The van der Waals surface area contributed by atoms with Gasteiger partial charge in [-0.1, -0.05) is 80.9 Å². The van der Waals surface area contributed by atoms with Crippen LogP contribution in [0.1, 0.15) is 88.7 Å². The Morgan fingerprint density at radius 3 is 1.70 bits per heavy atom. The summed E-state index contributed by atoms with van der Waals surface area (Å²) in [7, 11) is 0. The summed E-state index contributed by atoms with van der Waals surface area (Å²) in [4.78, 5) is 0. The molecule has 0 atom stereocenters. The highest BCUT2D eigenvalue weighted by molar-refractivity contribution is 5.69. The van der Waals surface area contributed by atoms with Crippen molar-refractivity contribution in [2.75, 3.05) is 0 Å². The van der Waals surface area contributed by atoms with Gasteiger partial charge in [0.15, 0.2) is 0 Å². The largest absolute Gasteiger partial charge is 0.0613 e. The number of benzene rings is 1. The lowest BCUT2D eigenvalue weighted by Crippen LogP contribution is -2.20. The molecular weight excluding hydrogens is 276 g/mol. The maximum absolute atomic E-state index is 2.38. The Bertz CT molecular complexity index is 487. The maximum Gasteiger partial charge on any atom is -0.0194 e. The van der Waals surface area contributed by atoms with Gasteiger partial charge < -0.3 is 0 Å². The van der Waals surface area contributed by atoms with E-state index in [4.69, 9.17) is 0 Å². The summed E-state index contributed by atoms with van der Waals surface area (Å²) in [6.07, 6.45) is 15.7. The summed E-state index contributed by atoms with van der Waals surface area (Å²) < 4.78 is 0. The van der Waals surface area contributed by atoms with Crippen LogP contribution in [0.15, 0.2) is 29.8 Å². The lowest BCUT2D eigenvalue weighted by Gasteiger charge is -2.35. The van der Waals surface area contributed by atoms with Crippen LogP contribution < -0.4 is 0 Å². The molecule has 0 aromatic heterocycles. The van der Waals surface area contributed by atoms with Crippen molar-refractivity contribution in [1.82, 2.24) is 0 Å². The van der Waals surface area contributed by atoms with Gasteiger partial charge in [-0.05, 0) is 62.0 Å². The zero-order valence-electron chi connectivity index (χ0n) is 15.2. The van der Waals surface area contributed by atoms with Gasteiger partial charge in [-0.15, -0.1) is 0 Å². The molecule has 0 radical (unpaired) electrons. The standard InChI is InChI=1S/C23H34/c1-3-22(19-16-14-18(2)15-17-19)23(20-10-6-4-7-11-20)21-12-8-5-9-13-21/h14-17,20-21H,3-13H2,1-2H3.